The van der Waals surface area contributed by atoms with E-state index in [0.29, 0.717) is 17.6 Å². The maximum absolute atomic E-state index is 10.4. The first-order valence-electron chi connectivity index (χ1n) is 6.00. The smallest absolute Gasteiger partial charge is 0.144 e. The molecule has 2 rings (SSSR count). The number of hydrogen-bond donors (Lipinski definition) is 1. The SMILES string of the molecule is COCn1c(C(O)c2ccc(Cl)cc2)nc(C)c1C. The molecule has 0 fully saturated rings. The molecule has 1 N–H and O–H groups in total. The summed E-state index contributed by atoms with van der Waals surface area (Å²) in [5.74, 6) is 0.583. The molecule has 2 aromatic rings. The number of methoxy groups -OCH3 is 1. The third kappa shape index (κ3) is 2.81. The first kappa shape index (κ1) is 14.1. The van der Waals surface area contributed by atoms with Crippen LogP contribution in [-0.4, -0.2) is 21.8 Å². The van der Waals surface area contributed by atoms with Gasteiger partial charge in [0.05, 0.1) is 5.69 Å². The molecule has 1 aromatic heterocycles. The second-order valence-electron chi connectivity index (χ2n) is 4.44. The number of nitrogens with zero attached hydrogens (tertiary/aromatic N) is 2. The number of ether oxygens (including phenoxy) is 1. The molecular weight excluding hydrogens is 264 g/mol. The fraction of sp³-hybridized carbons (Fsp3) is 0.357. The molecule has 0 radical (unpaired) electrons. The van der Waals surface area contributed by atoms with Crippen molar-refractivity contribution in [1.82, 2.24) is 9.55 Å². The predicted octanol–water partition coefficient (Wildman–Crippen LogP) is 2.84. The van der Waals surface area contributed by atoms with E-state index in [1.807, 2.05) is 18.4 Å². The number of imidazole rings is 1. The summed E-state index contributed by atoms with van der Waals surface area (Å²) in [4.78, 5) is 4.43. The molecule has 102 valence electrons. The van der Waals surface area contributed by atoms with E-state index < -0.39 is 6.10 Å². The van der Waals surface area contributed by atoms with Gasteiger partial charge < -0.3 is 14.4 Å². The van der Waals surface area contributed by atoms with Gasteiger partial charge in [0, 0.05) is 17.8 Å². The van der Waals surface area contributed by atoms with Crippen LogP contribution in [0.4, 0.5) is 0 Å². The van der Waals surface area contributed by atoms with Crippen LogP contribution >= 0.6 is 11.6 Å². The van der Waals surface area contributed by atoms with E-state index in [9.17, 15) is 5.11 Å². The van der Waals surface area contributed by atoms with E-state index in [2.05, 4.69) is 4.98 Å². The Hall–Kier alpha value is -1.36. The third-order valence-electron chi connectivity index (χ3n) is 3.18. The van der Waals surface area contributed by atoms with E-state index >= 15 is 0 Å². The molecule has 1 atom stereocenters. The van der Waals surface area contributed by atoms with Crippen LogP contribution in [0.15, 0.2) is 24.3 Å². The average Bonchev–Trinajstić information content (AvgIpc) is 2.68. The van der Waals surface area contributed by atoms with Crippen molar-refractivity contribution in [2.24, 2.45) is 0 Å². The minimum atomic E-state index is -0.792. The van der Waals surface area contributed by atoms with Crippen LogP contribution in [-0.2, 0) is 11.5 Å². The van der Waals surface area contributed by atoms with Crippen LogP contribution in [0.25, 0.3) is 0 Å². The highest BCUT2D eigenvalue weighted by Crippen LogP contribution is 2.24. The summed E-state index contributed by atoms with van der Waals surface area (Å²) in [6, 6.07) is 7.10. The molecule has 0 aliphatic rings. The molecule has 1 heterocycles. The van der Waals surface area contributed by atoms with Crippen LogP contribution in [0.3, 0.4) is 0 Å². The standard InChI is InChI=1S/C14H17ClN2O2/c1-9-10(2)17(8-19-3)14(16-9)13(18)11-4-6-12(15)7-5-11/h4-7,13,18H,8H2,1-3H3. The topological polar surface area (TPSA) is 47.3 Å². The summed E-state index contributed by atoms with van der Waals surface area (Å²) in [5.41, 5.74) is 2.64. The number of hydrogen-bond acceptors (Lipinski definition) is 3. The number of aromatic nitrogens is 2. The minimum Gasteiger partial charge on any atom is -0.380 e. The lowest BCUT2D eigenvalue weighted by Crippen LogP contribution is -2.12. The van der Waals surface area contributed by atoms with Crippen LogP contribution in [0.5, 0.6) is 0 Å². The lowest BCUT2D eigenvalue weighted by Gasteiger charge is -2.14. The summed E-state index contributed by atoms with van der Waals surface area (Å²) < 4.78 is 7.03. The van der Waals surface area contributed by atoms with Crippen molar-refractivity contribution in [3.05, 3.63) is 52.1 Å². The Labute approximate surface area is 117 Å². The lowest BCUT2D eigenvalue weighted by molar-refractivity contribution is 0.115. The highest BCUT2D eigenvalue weighted by atomic mass is 35.5. The van der Waals surface area contributed by atoms with E-state index in [0.717, 1.165) is 17.0 Å². The third-order valence-corrected chi connectivity index (χ3v) is 3.43. The molecule has 0 spiro atoms. The second-order valence-corrected chi connectivity index (χ2v) is 4.88. The predicted molar refractivity (Wildman–Crippen MR) is 74.2 cm³/mol. The zero-order chi connectivity index (χ0) is 14.0. The zero-order valence-corrected chi connectivity index (χ0v) is 12.0. The molecule has 4 nitrogen and oxygen atoms in total. The van der Waals surface area contributed by atoms with E-state index in [-0.39, 0.29) is 0 Å². The highest BCUT2D eigenvalue weighted by Gasteiger charge is 2.19. The van der Waals surface area contributed by atoms with Gasteiger partial charge in [-0.05, 0) is 31.5 Å². The molecule has 19 heavy (non-hydrogen) atoms. The summed E-state index contributed by atoms with van der Waals surface area (Å²) in [7, 11) is 1.62. The van der Waals surface area contributed by atoms with E-state index in [1.165, 1.54) is 0 Å². The summed E-state index contributed by atoms with van der Waals surface area (Å²) in [6.07, 6.45) is -0.792. The fourth-order valence-corrected chi connectivity index (χ4v) is 2.10. The molecule has 1 unspecified atom stereocenters. The molecule has 0 saturated carbocycles. The Morgan fingerprint density at radius 1 is 1.32 bits per heavy atom. The van der Waals surface area contributed by atoms with Gasteiger partial charge in [0.1, 0.15) is 18.7 Å². The van der Waals surface area contributed by atoms with Crippen molar-refractivity contribution in [3.63, 3.8) is 0 Å². The molecule has 0 amide bonds. The Morgan fingerprint density at radius 2 is 1.95 bits per heavy atom. The van der Waals surface area contributed by atoms with Gasteiger partial charge in [0.25, 0.3) is 0 Å². The van der Waals surface area contributed by atoms with Crippen molar-refractivity contribution < 1.29 is 9.84 Å². The first-order valence-corrected chi connectivity index (χ1v) is 6.38. The Morgan fingerprint density at radius 3 is 2.53 bits per heavy atom. The molecular formula is C14H17ClN2O2. The number of aliphatic hydroxyl groups excluding tert-OH is 1. The molecule has 5 heteroatoms. The summed E-state index contributed by atoms with van der Waals surface area (Å²) >= 11 is 5.85. The fourth-order valence-electron chi connectivity index (χ4n) is 1.98. The van der Waals surface area contributed by atoms with Crippen LogP contribution in [0.1, 0.15) is 28.9 Å². The molecule has 1 aromatic carbocycles. The van der Waals surface area contributed by atoms with Gasteiger partial charge in [-0.1, -0.05) is 23.7 Å². The number of rotatable bonds is 4. The van der Waals surface area contributed by atoms with Crippen molar-refractivity contribution in [1.29, 1.82) is 0 Å². The van der Waals surface area contributed by atoms with Crippen LogP contribution < -0.4 is 0 Å². The first-order chi connectivity index (χ1) is 9.04. The lowest BCUT2D eigenvalue weighted by atomic mass is 10.1. The van der Waals surface area contributed by atoms with Crippen molar-refractivity contribution >= 4 is 11.6 Å². The maximum Gasteiger partial charge on any atom is 0.144 e. The van der Waals surface area contributed by atoms with E-state index in [4.69, 9.17) is 16.3 Å². The molecule has 0 aliphatic heterocycles. The minimum absolute atomic E-state index is 0.368. The maximum atomic E-state index is 10.4. The van der Waals surface area contributed by atoms with Gasteiger partial charge >= 0.3 is 0 Å². The normalized spacial score (nSPS) is 12.7. The van der Waals surface area contributed by atoms with E-state index in [1.54, 1.807) is 31.4 Å². The number of aryl methyl sites for hydroxylation is 1. The highest BCUT2D eigenvalue weighted by molar-refractivity contribution is 6.30. The number of benzene rings is 1. The number of halogens is 1. The Kier molecular flexibility index (Phi) is 4.24. The van der Waals surface area contributed by atoms with Gasteiger partial charge in [-0.25, -0.2) is 4.98 Å². The largest absolute Gasteiger partial charge is 0.380 e. The summed E-state index contributed by atoms with van der Waals surface area (Å²) in [5, 5.41) is 11.1. The van der Waals surface area contributed by atoms with Gasteiger partial charge in [0.15, 0.2) is 0 Å². The summed E-state index contributed by atoms with van der Waals surface area (Å²) in [6.45, 7) is 4.24. The van der Waals surface area contributed by atoms with Crippen LogP contribution in [0, 0.1) is 13.8 Å². The Balaban J connectivity index is 2.40. The zero-order valence-electron chi connectivity index (χ0n) is 11.2. The van der Waals surface area contributed by atoms with Gasteiger partial charge in [-0.3, -0.25) is 0 Å². The van der Waals surface area contributed by atoms with Crippen molar-refractivity contribution in [2.45, 2.75) is 26.7 Å². The van der Waals surface area contributed by atoms with Gasteiger partial charge in [-0.15, -0.1) is 0 Å². The van der Waals surface area contributed by atoms with Crippen molar-refractivity contribution in [2.75, 3.05) is 7.11 Å². The Bertz CT molecular complexity index is 564. The molecule has 0 bridgehead atoms. The van der Waals surface area contributed by atoms with Crippen LogP contribution in [0.2, 0.25) is 5.02 Å². The van der Waals surface area contributed by atoms with Crippen molar-refractivity contribution in [3.8, 4) is 0 Å². The quantitative estimate of drug-likeness (QED) is 0.937. The van der Waals surface area contributed by atoms with Gasteiger partial charge in [0.2, 0.25) is 0 Å². The molecule has 0 aliphatic carbocycles. The van der Waals surface area contributed by atoms with Gasteiger partial charge in [-0.2, -0.15) is 0 Å². The monoisotopic (exact) mass is 280 g/mol. The number of aliphatic hydroxyl groups is 1. The molecule has 0 saturated heterocycles. The second kappa shape index (κ2) is 5.74. The average molecular weight is 281 g/mol.